The molecule has 5 heteroatoms. The molecule has 3 rings (SSSR count). The fraction of sp³-hybridized carbons (Fsp3) is 0.600. The maximum absolute atomic E-state index is 9.05. The Hall–Kier alpha value is -1.62. The summed E-state index contributed by atoms with van der Waals surface area (Å²) < 4.78 is 2.19. The van der Waals surface area contributed by atoms with E-state index in [2.05, 4.69) is 27.7 Å². The molecule has 5 nitrogen and oxygen atoms in total. The van der Waals surface area contributed by atoms with E-state index in [1.807, 2.05) is 6.07 Å². The highest BCUT2D eigenvalue weighted by molar-refractivity contribution is 5.86. The van der Waals surface area contributed by atoms with Crippen LogP contribution in [0.4, 0.5) is 5.82 Å². The molecule has 2 aromatic heterocycles. The molecule has 0 amide bonds. The lowest BCUT2D eigenvalue weighted by Crippen LogP contribution is -2.26. The van der Waals surface area contributed by atoms with E-state index in [4.69, 9.17) is 10.8 Å². The second-order valence-electron chi connectivity index (χ2n) is 6.03. The number of nitrogen functional groups attached to an aromatic ring is 1. The maximum atomic E-state index is 9.05. The van der Waals surface area contributed by atoms with Gasteiger partial charge in [-0.1, -0.05) is 0 Å². The van der Waals surface area contributed by atoms with Crippen LogP contribution in [0.2, 0.25) is 0 Å². The molecule has 0 aromatic carbocycles. The van der Waals surface area contributed by atoms with Crippen molar-refractivity contribution in [3.63, 3.8) is 0 Å². The zero-order valence-electron chi connectivity index (χ0n) is 11.9. The molecular formula is C15H22N4O. The Morgan fingerprint density at radius 2 is 2.20 bits per heavy atom. The molecule has 1 aliphatic carbocycles. The van der Waals surface area contributed by atoms with Crippen LogP contribution in [0.1, 0.15) is 38.6 Å². The van der Waals surface area contributed by atoms with Crippen LogP contribution in [0.15, 0.2) is 18.6 Å². The van der Waals surface area contributed by atoms with E-state index in [1.165, 1.54) is 25.6 Å². The molecule has 0 aliphatic heterocycles. The first kappa shape index (κ1) is 13.4. The van der Waals surface area contributed by atoms with Crippen LogP contribution in [0.3, 0.4) is 0 Å². The van der Waals surface area contributed by atoms with Crippen LogP contribution in [-0.4, -0.2) is 26.2 Å². The number of anilines is 1. The van der Waals surface area contributed by atoms with Crippen LogP contribution in [-0.2, 0) is 0 Å². The molecule has 2 aromatic rings. The van der Waals surface area contributed by atoms with Gasteiger partial charge in [0.05, 0.1) is 5.39 Å². The van der Waals surface area contributed by atoms with Crippen molar-refractivity contribution >= 4 is 16.9 Å². The summed E-state index contributed by atoms with van der Waals surface area (Å²) >= 11 is 0. The second kappa shape index (κ2) is 5.40. The van der Waals surface area contributed by atoms with Crippen molar-refractivity contribution in [3.05, 3.63) is 18.6 Å². The number of nitrogens with zero attached hydrogens (tertiary/aromatic N) is 3. The summed E-state index contributed by atoms with van der Waals surface area (Å²) in [5, 5.41) is 9.98. The van der Waals surface area contributed by atoms with Crippen molar-refractivity contribution in [2.45, 2.75) is 38.6 Å². The van der Waals surface area contributed by atoms with Crippen LogP contribution in [0.25, 0.3) is 11.0 Å². The van der Waals surface area contributed by atoms with Crippen molar-refractivity contribution in [1.82, 2.24) is 14.5 Å². The molecule has 2 heterocycles. The van der Waals surface area contributed by atoms with Gasteiger partial charge in [-0.15, -0.1) is 0 Å². The van der Waals surface area contributed by atoms with Gasteiger partial charge in [0.25, 0.3) is 0 Å². The number of aromatic nitrogens is 3. The lowest BCUT2D eigenvalue weighted by molar-refractivity contribution is 0.0985. The molecule has 1 atom stereocenters. The minimum absolute atomic E-state index is 0.352. The van der Waals surface area contributed by atoms with Crippen LogP contribution >= 0.6 is 0 Å². The first-order valence-electron chi connectivity index (χ1n) is 7.37. The average molecular weight is 274 g/mol. The Bertz CT molecular complexity index is 589. The van der Waals surface area contributed by atoms with Crippen molar-refractivity contribution in [1.29, 1.82) is 0 Å². The first-order valence-corrected chi connectivity index (χ1v) is 7.37. The van der Waals surface area contributed by atoms with E-state index < -0.39 is 0 Å². The number of nitrogens with two attached hydrogens (primary N) is 1. The lowest BCUT2D eigenvalue weighted by atomic mass is 9.73. The minimum Gasteiger partial charge on any atom is -0.396 e. The van der Waals surface area contributed by atoms with Gasteiger partial charge < -0.3 is 15.4 Å². The topological polar surface area (TPSA) is 77.0 Å². The molecule has 1 saturated carbocycles. The quantitative estimate of drug-likeness (QED) is 0.877. The molecular weight excluding hydrogens is 252 g/mol. The summed E-state index contributed by atoms with van der Waals surface area (Å²) in [4.78, 5) is 8.37. The Morgan fingerprint density at radius 1 is 1.40 bits per heavy atom. The molecule has 0 spiro atoms. The Kier molecular flexibility index (Phi) is 3.61. The second-order valence-corrected chi connectivity index (χ2v) is 6.03. The predicted octanol–water partition coefficient (Wildman–Crippen LogP) is 2.37. The molecule has 20 heavy (non-hydrogen) atoms. The van der Waals surface area contributed by atoms with Gasteiger partial charge in [0.2, 0.25) is 0 Å². The molecule has 1 unspecified atom stereocenters. The Balaban J connectivity index is 1.64. The summed E-state index contributed by atoms with van der Waals surface area (Å²) in [6.07, 6.45) is 8.31. The van der Waals surface area contributed by atoms with E-state index in [9.17, 15) is 0 Å². The third-order valence-electron chi connectivity index (χ3n) is 4.60. The zero-order chi connectivity index (χ0) is 14.1. The number of rotatable bonds is 5. The van der Waals surface area contributed by atoms with Gasteiger partial charge in [-0.2, -0.15) is 0 Å². The summed E-state index contributed by atoms with van der Waals surface area (Å²) in [5.41, 5.74) is 6.79. The summed E-state index contributed by atoms with van der Waals surface area (Å²) in [5.74, 6) is 1.89. The monoisotopic (exact) mass is 274 g/mol. The fourth-order valence-electron chi connectivity index (χ4n) is 3.22. The van der Waals surface area contributed by atoms with E-state index in [-0.39, 0.29) is 0 Å². The highest BCUT2D eigenvalue weighted by atomic mass is 16.3. The summed E-state index contributed by atoms with van der Waals surface area (Å²) in [6, 6.07) is 2.40. The number of fused-ring (bicyclic) bond motifs is 1. The molecule has 1 aliphatic rings. The first-order chi connectivity index (χ1) is 9.69. The van der Waals surface area contributed by atoms with Crippen molar-refractivity contribution in [3.8, 4) is 0 Å². The third kappa shape index (κ3) is 2.38. The number of aliphatic hydroxyl groups is 1. The molecule has 108 valence electrons. The SMILES string of the molecule is CC(CCC1CC(CO)C1)n1ccc2c(N)ncnc21. The van der Waals surface area contributed by atoms with Gasteiger partial charge in [-0.05, 0) is 50.5 Å². The molecule has 0 bridgehead atoms. The molecule has 0 radical (unpaired) electrons. The van der Waals surface area contributed by atoms with Gasteiger partial charge in [0.15, 0.2) is 0 Å². The maximum Gasteiger partial charge on any atom is 0.145 e. The van der Waals surface area contributed by atoms with Crippen LogP contribution in [0.5, 0.6) is 0 Å². The normalized spacial score (nSPS) is 23.7. The van der Waals surface area contributed by atoms with Gasteiger partial charge >= 0.3 is 0 Å². The number of hydrogen-bond donors (Lipinski definition) is 2. The molecule has 3 N–H and O–H groups in total. The Labute approximate surface area is 118 Å². The molecule has 0 saturated heterocycles. The smallest absolute Gasteiger partial charge is 0.145 e. The number of aliphatic hydroxyl groups excluding tert-OH is 1. The van der Waals surface area contributed by atoms with E-state index in [1.54, 1.807) is 0 Å². The van der Waals surface area contributed by atoms with Gasteiger partial charge in [0.1, 0.15) is 17.8 Å². The highest BCUT2D eigenvalue weighted by Crippen LogP contribution is 2.37. The van der Waals surface area contributed by atoms with E-state index in [0.29, 0.717) is 24.4 Å². The minimum atomic E-state index is 0.352. The standard InChI is InChI=1S/C15H22N4O/c1-10(2-3-11-6-12(7-11)8-20)19-5-4-13-14(16)17-9-18-15(13)19/h4-5,9-12,20H,2-3,6-8H2,1H3,(H2,16,17,18). The van der Waals surface area contributed by atoms with Crippen molar-refractivity contribution in [2.24, 2.45) is 11.8 Å². The van der Waals surface area contributed by atoms with Gasteiger partial charge in [-0.3, -0.25) is 0 Å². The van der Waals surface area contributed by atoms with Gasteiger partial charge in [-0.25, -0.2) is 9.97 Å². The fourth-order valence-corrected chi connectivity index (χ4v) is 3.22. The Morgan fingerprint density at radius 3 is 2.95 bits per heavy atom. The predicted molar refractivity (Wildman–Crippen MR) is 79.2 cm³/mol. The third-order valence-corrected chi connectivity index (χ3v) is 4.60. The van der Waals surface area contributed by atoms with Crippen LogP contribution in [0, 0.1) is 11.8 Å². The van der Waals surface area contributed by atoms with E-state index >= 15 is 0 Å². The summed E-state index contributed by atoms with van der Waals surface area (Å²) in [6.45, 7) is 2.57. The van der Waals surface area contributed by atoms with Gasteiger partial charge in [0, 0.05) is 18.8 Å². The van der Waals surface area contributed by atoms with E-state index in [0.717, 1.165) is 23.4 Å². The lowest BCUT2D eigenvalue weighted by Gasteiger charge is -2.34. The average Bonchev–Trinajstić information content (AvgIpc) is 2.82. The number of hydrogen-bond acceptors (Lipinski definition) is 4. The molecule has 1 fully saturated rings. The van der Waals surface area contributed by atoms with Crippen molar-refractivity contribution < 1.29 is 5.11 Å². The van der Waals surface area contributed by atoms with Crippen molar-refractivity contribution in [2.75, 3.05) is 12.3 Å². The highest BCUT2D eigenvalue weighted by Gasteiger charge is 2.28. The van der Waals surface area contributed by atoms with Crippen LogP contribution < -0.4 is 5.73 Å². The summed E-state index contributed by atoms with van der Waals surface area (Å²) in [7, 11) is 0. The largest absolute Gasteiger partial charge is 0.396 e. The zero-order valence-corrected chi connectivity index (χ0v) is 11.9.